The van der Waals surface area contributed by atoms with E-state index in [1.54, 1.807) is 23.7 Å². The Morgan fingerprint density at radius 3 is 3.04 bits per heavy atom. The van der Waals surface area contributed by atoms with Gasteiger partial charge in [-0.05, 0) is 18.6 Å². The number of benzene rings is 1. The SMILES string of the molecule is Cc1ccc(NSc2nc(-c3cn[nH]c3)cs2)c2[nH]cc(C#N)c12. The molecule has 0 radical (unpaired) electrons. The fourth-order valence-electron chi connectivity index (χ4n) is 2.52. The van der Waals surface area contributed by atoms with E-state index < -0.39 is 0 Å². The number of nitrogens with zero attached hydrogens (tertiary/aromatic N) is 3. The summed E-state index contributed by atoms with van der Waals surface area (Å²) in [4.78, 5) is 7.77. The molecule has 3 aromatic heterocycles. The van der Waals surface area contributed by atoms with Gasteiger partial charge in [0.2, 0.25) is 0 Å². The Hall–Kier alpha value is -2.76. The minimum Gasteiger partial charge on any atom is -0.358 e. The zero-order chi connectivity index (χ0) is 16.5. The summed E-state index contributed by atoms with van der Waals surface area (Å²) in [5.41, 5.74) is 5.48. The molecule has 0 aliphatic rings. The molecule has 118 valence electrons. The van der Waals surface area contributed by atoms with Crippen molar-refractivity contribution in [2.75, 3.05) is 4.72 Å². The lowest BCUT2D eigenvalue weighted by Crippen LogP contribution is -1.89. The van der Waals surface area contributed by atoms with Gasteiger partial charge in [0.1, 0.15) is 6.07 Å². The van der Waals surface area contributed by atoms with E-state index in [2.05, 4.69) is 31.0 Å². The lowest BCUT2D eigenvalue weighted by atomic mass is 10.1. The highest BCUT2D eigenvalue weighted by molar-refractivity contribution is 8.02. The molecule has 6 nitrogen and oxygen atoms in total. The minimum absolute atomic E-state index is 0.660. The number of nitrogens with one attached hydrogen (secondary N) is 3. The smallest absolute Gasteiger partial charge is 0.171 e. The largest absolute Gasteiger partial charge is 0.358 e. The molecule has 8 heteroatoms. The van der Waals surface area contributed by atoms with Crippen LogP contribution in [0.25, 0.3) is 22.2 Å². The van der Waals surface area contributed by atoms with Crippen molar-refractivity contribution in [3.63, 3.8) is 0 Å². The summed E-state index contributed by atoms with van der Waals surface area (Å²) in [6.07, 6.45) is 5.32. The van der Waals surface area contributed by atoms with Crippen LogP contribution in [0.2, 0.25) is 0 Å². The number of fused-ring (bicyclic) bond motifs is 1. The molecule has 4 aromatic rings. The Balaban J connectivity index is 1.59. The Bertz CT molecular complexity index is 1040. The van der Waals surface area contributed by atoms with E-state index in [0.717, 1.165) is 37.8 Å². The minimum atomic E-state index is 0.660. The van der Waals surface area contributed by atoms with Crippen LogP contribution in [0.1, 0.15) is 11.1 Å². The van der Waals surface area contributed by atoms with E-state index in [-0.39, 0.29) is 0 Å². The predicted octanol–water partition coefficient (Wildman–Crippen LogP) is 4.31. The van der Waals surface area contributed by atoms with Crippen LogP contribution in [0.5, 0.6) is 0 Å². The van der Waals surface area contributed by atoms with Crippen LogP contribution in [0.4, 0.5) is 5.69 Å². The maximum absolute atomic E-state index is 9.23. The third-order valence-corrected chi connectivity index (χ3v) is 5.45. The molecule has 0 spiro atoms. The maximum atomic E-state index is 9.23. The number of rotatable bonds is 4. The maximum Gasteiger partial charge on any atom is 0.171 e. The standard InChI is InChI=1S/C16H12N6S2/c1-9-2-3-12(15-14(9)10(4-17)5-18-15)22-24-16-21-13(8-23-16)11-6-19-20-7-11/h2-3,5-8,18,22H,1H3,(H,19,20). The van der Waals surface area contributed by atoms with Gasteiger partial charge in [-0.25, -0.2) is 4.98 Å². The summed E-state index contributed by atoms with van der Waals surface area (Å²) in [5, 5.41) is 18.9. The summed E-state index contributed by atoms with van der Waals surface area (Å²) in [5.74, 6) is 0. The molecular formula is C16H12N6S2. The molecule has 0 atom stereocenters. The van der Waals surface area contributed by atoms with E-state index in [9.17, 15) is 5.26 Å². The second-order valence-electron chi connectivity index (χ2n) is 5.18. The van der Waals surface area contributed by atoms with Crippen molar-refractivity contribution >= 4 is 39.9 Å². The average molecular weight is 352 g/mol. The van der Waals surface area contributed by atoms with Crippen molar-refractivity contribution in [1.82, 2.24) is 20.2 Å². The van der Waals surface area contributed by atoms with Crippen LogP contribution >= 0.6 is 23.3 Å². The van der Waals surface area contributed by atoms with Gasteiger partial charge in [0.05, 0.1) is 28.7 Å². The molecule has 4 rings (SSSR count). The van der Waals surface area contributed by atoms with Crippen molar-refractivity contribution in [1.29, 1.82) is 5.26 Å². The Morgan fingerprint density at radius 2 is 2.25 bits per heavy atom. The Morgan fingerprint density at radius 1 is 1.33 bits per heavy atom. The summed E-state index contributed by atoms with van der Waals surface area (Å²) in [6, 6.07) is 6.25. The van der Waals surface area contributed by atoms with Gasteiger partial charge >= 0.3 is 0 Å². The van der Waals surface area contributed by atoms with Gasteiger partial charge in [-0.15, -0.1) is 11.3 Å². The third-order valence-electron chi connectivity index (χ3n) is 3.69. The van der Waals surface area contributed by atoms with Gasteiger partial charge in [-0.3, -0.25) is 5.10 Å². The third kappa shape index (κ3) is 2.54. The van der Waals surface area contributed by atoms with Crippen LogP contribution in [0.15, 0.2) is 40.4 Å². The number of nitriles is 1. The van der Waals surface area contributed by atoms with Crippen LogP contribution in [-0.2, 0) is 0 Å². The first-order valence-electron chi connectivity index (χ1n) is 7.14. The van der Waals surface area contributed by atoms with Crippen molar-refractivity contribution in [3.05, 3.63) is 47.2 Å². The Kier molecular flexibility index (Phi) is 3.72. The fourth-order valence-corrected chi connectivity index (χ4v) is 4.05. The fraction of sp³-hybridized carbons (Fsp3) is 0.0625. The molecular weight excluding hydrogens is 340 g/mol. The van der Waals surface area contributed by atoms with Crippen LogP contribution in [0, 0.1) is 18.3 Å². The molecule has 0 aliphatic carbocycles. The quantitative estimate of drug-likeness (QED) is 0.476. The molecule has 3 heterocycles. The number of hydrogen-bond acceptors (Lipinski definition) is 6. The lowest BCUT2D eigenvalue weighted by molar-refractivity contribution is 1.09. The molecule has 0 bridgehead atoms. The van der Waals surface area contributed by atoms with E-state index in [1.807, 2.05) is 30.6 Å². The second-order valence-corrected chi connectivity index (χ2v) is 7.10. The van der Waals surface area contributed by atoms with Gasteiger partial charge in [-0.2, -0.15) is 10.4 Å². The molecule has 0 amide bonds. The zero-order valence-electron chi connectivity index (χ0n) is 12.6. The van der Waals surface area contributed by atoms with E-state index in [1.165, 1.54) is 11.9 Å². The van der Waals surface area contributed by atoms with Crippen molar-refractivity contribution in [2.24, 2.45) is 0 Å². The lowest BCUT2D eigenvalue weighted by Gasteiger charge is -2.06. The van der Waals surface area contributed by atoms with Crippen LogP contribution < -0.4 is 4.72 Å². The molecule has 0 saturated heterocycles. The van der Waals surface area contributed by atoms with Gasteiger partial charge < -0.3 is 9.71 Å². The summed E-state index contributed by atoms with van der Waals surface area (Å²) in [7, 11) is 0. The summed E-state index contributed by atoms with van der Waals surface area (Å²) in [6.45, 7) is 2.01. The van der Waals surface area contributed by atoms with Crippen LogP contribution in [-0.4, -0.2) is 20.2 Å². The number of aromatic nitrogens is 4. The molecule has 24 heavy (non-hydrogen) atoms. The Labute approximate surface area is 146 Å². The highest BCUT2D eigenvalue weighted by atomic mass is 32.2. The molecule has 1 aromatic carbocycles. The topological polar surface area (TPSA) is 93.2 Å². The molecule has 0 saturated carbocycles. The molecule has 0 aliphatic heterocycles. The predicted molar refractivity (Wildman–Crippen MR) is 96.9 cm³/mol. The van der Waals surface area contributed by atoms with E-state index in [4.69, 9.17) is 0 Å². The number of aryl methyl sites for hydroxylation is 1. The summed E-state index contributed by atoms with van der Waals surface area (Å²) >= 11 is 3.02. The average Bonchev–Trinajstić information content (AvgIpc) is 3.33. The van der Waals surface area contributed by atoms with Crippen LogP contribution in [0.3, 0.4) is 0 Å². The highest BCUT2D eigenvalue weighted by Crippen LogP contribution is 2.33. The van der Waals surface area contributed by atoms with Gasteiger partial charge in [-0.1, -0.05) is 6.07 Å². The highest BCUT2D eigenvalue weighted by Gasteiger charge is 2.11. The van der Waals surface area contributed by atoms with E-state index in [0.29, 0.717) is 5.56 Å². The molecule has 0 unspecified atom stereocenters. The number of H-pyrrole nitrogens is 2. The zero-order valence-corrected chi connectivity index (χ0v) is 14.3. The number of thiazole rings is 1. The van der Waals surface area contributed by atoms with Gasteiger partial charge in [0.15, 0.2) is 4.34 Å². The van der Waals surface area contributed by atoms with Crippen molar-refractivity contribution < 1.29 is 0 Å². The number of anilines is 1. The first kappa shape index (κ1) is 14.8. The second kappa shape index (κ2) is 6.03. The van der Waals surface area contributed by atoms with Gasteiger partial charge in [0, 0.05) is 40.7 Å². The first-order chi connectivity index (χ1) is 11.8. The summed E-state index contributed by atoms with van der Waals surface area (Å²) < 4.78 is 4.24. The molecule has 3 N–H and O–H groups in total. The normalized spacial score (nSPS) is 10.8. The van der Waals surface area contributed by atoms with E-state index >= 15 is 0 Å². The molecule has 0 fully saturated rings. The number of hydrogen-bond donors (Lipinski definition) is 3. The van der Waals surface area contributed by atoms with Crippen molar-refractivity contribution in [3.8, 4) is 17.3 Å². The van der Waals surface area contributed by atoms with Crippen molar-refractivity contribution in [2.45, 2.75) is 11.3 Å². The number of aromatic amines is 2. The first-order valence-corrected chi connectivity index (χ1v) is 8.84. The van der Waals surface area contributed by atoms with Gasteiger partial charge in [0.25, 0.3) is 0 Å². The monoisotopic (exact) mass is 352 g/mol.